The van der Waals surface area contributed by atoms with E-state index in [4.69, 9.17) is 0 Å². The van der Waals surface area contributed by atoms with E-state index in [1.807, 2.05) is 70.3 Å². The summed E-state index contributed by atoms with van der Waals surface area (Å²) in [4.78, 5) is 60.2. The van der Waals surface area contributed by atoms with Crippen molar-refractivity contribution in [3.8, 4) is 6.07 Å². The standard InChI is InChI=1S/C23H22N6O2.C22H22FN5O2.C4H10/c1-27(16-7-8-18-17(11-16)19(12-24)26-25-18)20-6-4-5-15-13-29(23(31)22(15)20)14-21(30)28-9-2-3-10-28;1-26-21-15(11-24-26)9-16(10-17(21)23)25-18-6-4-5-14-12-28(22(30)20(14)18)13-19(29)27-7-2-3-8-27;1-3-4-2/h4-8,11H,2-3,9-10,13-14H2,1H3,(H,25,26);4-6,9-11,25H,2-3,7-8,12-13H2,1H3;3-4H2,1-2H3. The van der Waals surface area contributed by atoms with Crippen LogP contribution in [0.1, 0.15) is 89.9 Å². The maximum absolute atomic E-state index is 14.5. The van der Waals surface area contributed by atoms with Crippen molar-refractivity contribution in [3.05, 3.63) is 107 Å². The summed E-state index contributed by atoms with van der Waals surface area (Å²) in [5.41, 5.74) is 7.29. The maximum Gasteiger partial charge on any atom is 0.257 e. The number of unbranched alkanes of at least 4 members (excludes halogenated alkanes) is 1. The number of hydrogen-bond acceptors (Lipinski definition) is 9. The fraction of sp³-hybridized carbons (Fsp3) is 0.367. The molecule has 15 nitrogen and oxygen atoms in total. The lowest BCUT2D eigenvalue weighted by atomic mass is 10.1. The molecule has 0 spiro atoms. The molecule has 6 aromatic rings. The first-order valence-corrected chi connectivity index (χ1v) is 22.4. The number of aromatic amines is 1. The van der Waals surface area contributed by atoms with Crippen LogP contribution in [-0.4, -0.2) is 110 Å². The molecule has 0 radical (unpaired) electrons. The van der Waals surface area contributed by atoms with Gasteiger partial charge in [0.05, 0.1) is 34.2 Å². The molecule has 0 aliphatic carbocycles. The van der Waals surface area contributed by atoms with Crippen molar-refractivity contribution in [1.82, 2.24) is 39.6 Å². The van der Waals surface area contributed by atoms with Gasteiger partial charge in [-0.15, -0.1) is 0 Å². The molecular weight excluding hydrogens is 826 g/mol. The van der Waals surface area contributed by atoms with E-state index in [1.54, 1.807) is 35.2 Å². The molecule has 2 N–H and O–H groups in total. The van der Waals surface area contributed by atoms with Crippen LogP contribution in [0.25, 0.3) is 21.8 Å². The van der Waals surface area contributed by atoms with Gasteiger partial charge >= 0.3 is 0 Å². The van der Waals surface area contributed by atoms with Gasteiger partial charge in [-0.05, 0) is 79.3 Å². The minimum Gasteiger partial charge on any atom is -0.355 e. The predicted octanol–water partition coefficient (Wildman–Crippen LogP) is 7.62. The van der Waals surface area contributed by atoms with Crippen LogP contribution in [0.5, 0.6) is 0 Å². The number of nitrogens with one attached hydrogen (secondary N) is 2. The monoisotopic (exact) mass is 879 g/mol. The Balaban J connectivity index is 0.000000164. The van der Waals surface area contributed by atoms with Crippen LogP contribution in [0, 0.1) is 17.1 Å². The SMILES string of the molecule is CCCC.CN(c1ccc2[nH]nc(C#N)c2c1)c1cccc2c1C(=O)N(CC(=O)N1CCCC1)C2.Cn1ncc2cc(Nc3cccc4c3C(=O)N(CC(=O)N3CCCC3)C4)cc(F)c21. The number of benzene rings is 4. The summed E-state index contributed by atoms with van der Waals surface area (Å²) in [6.45, 7) is 8.50. The number of amides is 4. The minimum atomic E-state index is -0.383. The average molecular weight is 880 g/mol. The van der Waals surface area contributed by atoms with Gasteiger partial charge in [0.25, 0.3) is 11.8 Å². The molecule has 2 fully saturated rings. The number of halogens is 1. The lowest BCUT2D eigenvalue weighted by Crippen LogP contribution is -2.39. The molecule has 2 aromatic heterocycles. The number of nitriles is 1. The number of likely N-dealkylation sites (tertiary alicyclic amines) is 2. The van der Waals surface area contributed by atoms with Gasteiger partial charge < -0.3 is 29.8 Å². The third-order valence-electron chi connectivity index (χ3n) is 12.5. The van der Waals surface area contributed by atoms with Gasteiger partial charge in [-0.3, -0.25) is 29.0 Å². The van der Waals surface area contributed by atoms with E-state index < -0.39 is 0 Å². The quantitative estimate of drug-likeness (QED) is 0.149. The van der Waals surface area contributed by atoms with Crippen LogP contribution in [0.15, 0.2) is 72.9 Å². The van der Waals surface area contributed by atoms with Crippen molar-refractivity contribution in [2.45, 2.75) is 65.5 Å². The maximum atomic E-state index is 14.5. The summed E-state index contributed by atoms with van der Waals surface area (Å²) in [5.74, 6) is -0.669. The second kappa shape index (κ2) is 19.2. The molecule has 0 atom stereocenters. The molecule has 0 saturated carbocycles. The normalized spacial score (nSPS) is 15.1. The topological polar surface area (TPSA) is 167 Å². The van der Waals surface area contributed by atoms with Crippen LogP contribution in [0.3, 0.4) is 0 Å². The number of carbonyl (C=O) groups excluding carboxylic acids is 4. The van der Waals surface area contributed by atoms with Crippen molar-refractivity contribution in [2.75, 3.05) is 56.5 Å². The Kier molecular flexibility index (Phi) is 13.1. The fourth-order valence-electron chi connectivity index (χ4n) is 8.85. The lowest BCUT2D eigenvalue weighted by Gasteiger charge is -2.23. The molecule has 0 unspecified atom stereocenters. The zero-order chi connectivity index (χ0) is 45.8. The summed E-state index contributed by atoms with van der Waals surface area (Å²) in [6.07, 6.45) is 8.35. The smallest absolute Gasteiger partial charge is 0.257 e. The van der Waals surface area contributed by atoms with E-state index in [1.165, 1.54) is 23.6 Å². The molecule has 4 aliphatic rings. The predicted molar refractivity (Wildman–Crippen MR) is 247 cm³/mol. The first-order chi connectivity index (χ1) is 31.5. The van der Waals surface area contributed by atoms with Crippen LogP contribution in [0.4, 0.5) is 27.1 Å². The molecule has 16 heteroatoms. The molecule has 4 aliphatic heterocycles. The molecule has 4 aromatic carbocycles. The molecule has 10 rings (SSSR count). The van der Waals surface area contributed by atoms with Gasteiger partial charge in [0, 0.05) is 75.5 Å². The van der Waals surface area contributed by atoms with Crippen LogP contribution >= 0.6 is 0 Å². The number of nitrogens with zero attached hydrogens (tertiary/aromatic N) is 9. The Labute approximate surface area is 377 Å². The van der Waals surface area contributed by atoms with E-state index in [0.29, 0.717) is 52.2 Å². The molecular formula is C49H54FN11O4. The summed E-state index contributed by atoms with van der Waals surface area (Å²) in [5, 5.41) is 24.9. The third kappa shape index (κ3) is 9.09. The Bertz CT molecular complexity index is 2810. The molecule has 2 saturated heterocycles. The number of carbonyl (C=O) groups is 4. The van der Waals surface area contributed by atoms with Gasteiger partial charge in [0.1, 0.15) is 24.7 Å². The number of hydrogen-bond donors (Lipinski definition) is 2. The second-order valence-corrected chi connectivity index (χ2v) is 16.9. The highest BCUT2D eigenvalue weighted by atomic mass is 19.1. The van der Waals surface area contributed by atoms with E-state index in [0.717, 1.165) is 85.3 Å². The van der Waals surface area contributed by atoms with Gasteiger partial charge in [-0.1, -0.05) is 51.0 Å². The van der Waals surface area contributed by atoms with E-state index >= 15 is 0 Å². The summed E-state index contributed by atoms with van der Waals surface area (Å²) >= 11 is 0. The third-order valence-corrected chi connectivity index (χ3v) is 12.5. The van der Waals surface area contributed by atoms with Crippen molar-refractivity contribution in [2.24, 2.45) is 7.05 Å². The van der Waals surface area contributed by atoms with Gasteiger partial charge in [-0.2, -0.15) is 15.5 Å². The Hall–Kier alpha value is -7.28. The number of aryl methyl sites for hydroxylation is 1. The van der Waals surface area contributed by atoms with Crippen LogP contribution in [-0.2, 0) is 29.7 Å². The first kappa shape index (κ1) is 44.3. The fourth-order valence-corrected chi connectivity index (χ4v) is 8.85. The van der Waals surface area contributed by atoms with Crippen molar-refractivity contribution < 1.29 is 23.6 Å². The molecule has 0 bridgehead atoms. The molecule has 65 heavy (non-hydrogen) atoms. The largest absolute Gasteiger partial charge is 0.355 e. The van der Waals surface area contributed by atoms with E-state index in [9.17, 15) is 28.8 Å². The Morgan fingerprint density at radius 2 is 1.43 bits per heavy atom. The Morgan fingerprint density at radius 3 is 2.05 bits per heavy atom. The van der Waals surface area contributed by atoms with Crippen LogP contribution < -0.4 is 10.2 Å². The number of fused-ring (bicyclic) bond motifs is 4. The average Bonchev–Trinajstić information content (AvgIpc) is 4.19. The van der Waals surface area contributed by atoms with Crippen LogP contribution in [0.2, 0.25) is 0 Å². The first-order valence-electron chi connectivity index (χ1n) is 22.4. The number of anilines is 4. The molecule has 4 amide bonds. The molecule has 6 heterocycles. The van der Waals surface area contributed by atoms with Gasteiger partial charge in [-0.25, -0.2) is 4.39 Å². The zero-order valence-electron chi connectivity index (χ0n) is 37.4. The second-order valence-electron chi connectivity index (χ2n) is 16.9. The van der Waals surface area contributed by atoms with Crippen molar-refractivity contribution in [1.29, 1.82) is 5.26 Å². The number of rotatable bonds is 9. The zero-order valence-corrected chi connectivity index (χ0v) is 37.4. The highest BCUT2D eigenvalue weighted by Crippen LogP contribution is 2.36. The van der Waals surface area contributed by atoms with Crippen molar-refractivity contribution >= 4 is 68.2 Å². The van der Waals surface area contributed by atoms with Crippen molar-refractivity contribution in [3.63, 3.8) is 0 Å². The Morgan fingerprint density at radius 1 is 0.831 bits per heavy atom. The molecule has 336 valence electrons. The minimum absolute atomic E-state index is 0.00716. The highest BCUT2D eigenvalue weighted by molar-refractivity contribution is 6.07. The van der Waals surface area contributed by atoms with E-state index in [2.05, 4.69) is 40.5 Å². The summed E-state index contributed by atoms with van der Waals surface area (Å²) < 4.78 is 16.0. The highest BCUT2D eigenvalue weighted by Gasteiger charge is 2.35. The number of aromatic nitrogens is 4. The van der Waals surface area contributed by atoms with Gasteiger partial charge in [0.2, 0.25) is 11.8 Å². The van der Waals surface area contributed by atoms with E-state index in [-0.39, 0.29) is 42.5 Å². The van der Waals surface area contributed by atoms with Gasteiger partial charge in [0.15, 0.2) is 11.5 Å². The lowest BCUT2D eigenvalue weighted by molar-refractivity contribution is -0.131. The summed E-state index contributed by atoms with van der Waals surface area (Å²) in [6, 6.07) is 22.3. The number of H-pyrrole nitrogens is 1. The summed E-state index contributed by atoms with van der Waals surface area (Å²) in [7, 11) is 3.59.